The zero-order valence-corrected chi connectivity index (χ0v) is 16.8. The Morgan fingerprint density at radius 2 is 2.03 bits per heavy atom. The number of nitrogens with zero attached hydrogens (tertiary/aromatic N) is 4. The molecule has 1 aromatic carbocycles. The third-order valence-corrected chi connectivity index (χ3v) is 5.96. The second-order valence-corrected chi connectivity index (χ2v) is 8.11. The van der Waals surface area contributed by atoms with E-state index >= 15 is 0 Å². The number of nitrogens with one attached hydrogen (secondary N) is 1. The Hall–Kier alpha value is -2.87. The van der Waals surface area contributed by atoms with E-state index in [1.165, 1.54) is 16.4 Å². The van der Waals surface area contributed by atoms with Crippen LogP contribution in [0.4, 0.5) is 0 Å². The lowest BCUT2D eigenvalue weighted by atomic mass is 10.1. The molecule has 1 aliphatic heterocycles. The van der Waals surface area contributed by atoms with E-state index < -0.39 is 0 Å². The second kappa shape index (κ2) is 9.09. The summed E-state index contributed by atoms with van der Waals surface area (Å²) in [6.45, 7) is 0.988. The number of carbonyl (C=O) groups excluding carboxylic acids is 1. The van der Waals surface area contributed by atoms with Crippen molar-refractivity contribution >= 4 is 17.7 Å². The third-order valence-electron chi connectivity index (χ3n) is 4.95. The summed E-state index contributed by atoms with van der Waals surface area (Å²) >= 11 is 1.53. The SMILES string of the molecule is O=C(CSc1ccccc1)NC1CCc2nn(Cc3cccnc3)c(=O)n2CC1. The highest BCUT2D eigenvalue weighted by atomic mass is 32.2. The van der Waals surface area contributed by atoms with Gasteiger partial charge in [-0.2, -0.15) is 5.10 Å². The summed E-state index contributed by atoms with van der Waals surface area (Å²) in [6, 6.07) is 13.7. The molecule has 0 fully saturated rings. The van der Waals surface area contributed by atoms with Crippen LogP contribution in [0.2, 0.25) is 0 Å². The molecule has 0 radical (unpaired) electrons. The molecule has 29 heavy (non-hydrogen) atoms. The first-order chi connectivity index (χ1) is 14.2. The summed E-state index contributed by atoms with van der Waals surface area (Å²) in [5.74, 6) is 1.20. The maximum Gasteiger partial charge on any atom is 0.346 e. The molecule has 1 amide bonds. The Bertz CT molecular complexity index is 1020. The maximum atomic E-state index is 12.7. The number of fused-ring (bicyclic) bond motifs is 1. The molecule has 1 N–H and O–H groups in total. The normalized spacial score (nSPS) is 16.1. The number of aryl methyl sites for hydroxylation is 1. The van der Waals surface area contributed by atoms with Crippen LogP contribution in [0.5, 0.6) is 0 Å². The van der Waals surface area contributed by atoms with Gasteiger partial charge in [0.2, 0.25) is 5.91 Å². The fraction of sp³-hybridized carbons (Fsp3) is 0.333. The van der Waals surface area contributed by atoms with E-state index in [0.717, 1.165) is 29.1 Å². The average molecular weight is 410 g/mol. The average Bonchev–Trinajstić information content (AvgIpc) is 2.91. The van der Waals surface area contributed by atoms with Crippen molar-refractivity contribution in [3.8, 4) is 0 Å². The van der Waals surface area contributed by atoms with Gasteiger partial charge in [0.1, 0.15) is 5.82 Å². The molecule has 0 aliphatic carbocycles. The second-order valence-electron chi connectivity index (χ2n) is 7.06. The zero-order chi connectivity index (χ0) is 20.1. The highest BCUT2D eigenvalue weighted by Gasteiger charge is 2.22. The van der Waals surface area contributed by atoms with Crippen molar-refractivity contribution < 1.29 is 4.79 Å². The van der Waals surface area contributed by atoms with Gasteiger partial charge in [0, 0.05) is 36.3 Å². The van der Waals surface area contributed by atoms with Gasteiger partial charge in [-0.1, -0.05) is 24.3 Å². The number of aromatic nitrogens is 4. The van der Waals surface area contributed by atoms with Crippen LogP contribution < -0.4 is 11.0 Å². The van der Waals surface area contributed by atoms with Crippen LogP contribution in [0.15, 0.2) is 64.5 Å². The van der Waals surface area contributed by atoms with Gasteiger partial charge in [0.25, 0.3) is 0 Å². The highest BCUT2D eigenvalue weighted by molar-refractivity contribution is 8.00. The number of thioether (sulfide) groups is 1. The predicted molar refractivity (Wildman–Crippen MR) is 112 cm³/mol. The monoisotopic (exact) mass is 409 g/mol. The molecule has 7 nitrogen and oxygen atoms in total. The van der Waals surface area contributed by atoms with Gasteiger partial charge in [0.05, 0.1) is 12.3 Å². The molecule has 0 saturated heterocycles. The van der Waals surface area contributed by atoms with Crippen LogP contribution in [0.3, 0.4) is 0 Å². The van der Waals surface area contributed by atoms with E-state index in [-0.39, 0.29) is 17.6 Å². The van der Waals surface area contributed by atoms with Crippen molar-refractivity contribution in [3.63, 3.8) is 0 Å². The van der Waals surface area contributed by atoms with Crippen molar-refractivity contribution in [2.24, 2.45) is 0 Å². The Kier molecular flexibility index (Phi) is 6.09. The molecule has 0 spiro atoms. The third kappa shape index (κ3) is 4.95. The summed E-state index contributed by atoms with van der Waals surface area (Å²) in [6.07, 6.45) is 5.64. The summed E-state index contributed by atoms with van der Waals surface area (Å²) in [5.41, 5.74) is 0.847. The molecular weight excluding hydrogens is 386 g/mol. The van der Waals surface area contributed by atoms with Crippen LogP contribution in [0.1, 0.15) is 24.2 Å². The summed E-state index contributed by atoms with van der Waals surface area (Å²) in [7, 11) is 0. The Balaban J connectivity index is 1.33. The Labute approximate surface area is 173 Å². The smallest absolute Gasteiger partial charge is 0.346 e. The molecule has 2 aromatic heterocycles. The van der Waals surface area contributed by atoms with E-state index in [0.29, 0.717) is 25.3 Å². The van der Waals surface area contributed by atoms with Crippen LogP contribution in [-0.2, 0) is 24.3 Å². The minimum Gasteiger partial charge on any atom is -0.353 e. The first-order valence-corrected chi connectivity index (χ1v) is 10.7. The van der Waals surface area contributed by atoms with Gasteiger partial charge in [-0.15, -0.1) is 11.8 Å². The fourth-order valence-electron chi connectivity index (χ4n) is 3.47. The van der Waals surface area contributed by atoms with Crippen molar-refractivity contribution in [1.29, 1.82) is 0 Å². The highest BCUT2D eigenvalue weighted by Crippen LogP contribution is 2.17. The molecule has 8 heteroatoms. The van der Waals surface area contributed by atoms with Crippen molar-refractivity contribution in [1.82, 2.24) is 24.6 Å². The predicted octanol–water partition coefficient (Wildman–Crippen LogP) is 2.10. The number of pyridine rings is 1. The van der Waals surface area contributed by atoms with Crippen LogP contribution in [0.25, 0.3) is 0 Å². The number of hydrogen-bond donors (Lipinski definition) is 1. The molecule has 1 unspecified atom stereocenters. The molecule has 0 bridgehead atoms. The minimum absolute atomic E-state index is 0.0254. The van der Waals surface area contributed by atoms with E-state index in [4.69, 9.17) is 0 Å². The molecule has 3 heterocycles. The van der Waals surface area contributed by atoms with Gasteiger partial charge in [0.15, 0.2) is 0 Å². The minimum atomic E-state index is -0.101. The van der Waals surface area contributed by atoms with Crippen molar-refractivity contribution in [2.45, 2.75) is 43.3 Å². The van der Waals surface area contributed by atoms with Gasteiger partial charge >= 0.3 is 5.69 Å². The fourth-order valence-corrected chi connectivity index (χ4v) is 4.21. The first-order valence-electron chi connectivity index (χ1n) is 9.71. The standard InChI is InChI=1S/C21H23N5O2S/c27-20(15-29-18-6-2-1-3-7-18)23-17-8-9-19-24-26(21(28)25(19)12-10-17)14-16-5-4-11-22-13-16/h1-7,11,13,17H,8-10,12,14-15H2,(H,23,27). The lowest BCUT2D eigenvalue weighted by Gasteiger charge is -2.16. The van der Waals surface area contributed by atoms with Gasteiger partial charge in [-0.3, -0.25) is 14.3 Å². The van der Waals surface area contributed by atoms with Crippen LogP contribution in [0, 0.1) is 0 Å². The lowest BCUT2D eigenvalue weighted by molar-refractivity contribution is -0.119. The number of rotatable bonds is 6. The van der Waals surface area contributed by atoms with Crippen molar-refractivity contribution in [2.75, 3.05) is 5.75 Å². The largest absolute Gasteiger partial charge is 0.353 e. The molecule has 1 atom stereocenters. The van der Waals surface area contributed by atoms with E-state index in [9.17, 15) is 9.59 Å². The maximum absolute atomic E-state index is 12.7. The summed E-state index contributed by atoms with van der Waals surface area (Å²) < 4.78 is 3.24. The topological polar surface area (TPSA) is 81.8 Å². The lowest BCUT2D eigenvalue weighted by Crippen LogP contribution is -2.36. The van der Waals surface area contributed by atoms with Gasteiger partial charge in [-0.05, 0) is 36.6 Å². The molecule has 4 rings (SSSR count). The molecular formula is C21H23N5O2S. The zero-order valence-electron chi connectivity index (χ0n) is 16.0. The van der Waals surface area contributed by atoms with Gasteiger partial charge in [-0.25, -0.2) is 9.48 Å². The Morgan fingerprint density at radius 3 is 2.83 bits per heavy atom. The molecule has 3 aromatic rings. The molecule has 150 valence electrons. The number of hydrogen-bond acceptors (Lipinski definition) is 5. The van der Waals surface area contributed by atoms with Gasteiger partial charge < -0.3 is 5.32 Å². The first kappa shape index (κ1) is 19.4. The Morgan fingerprint density at radius 1 is 1.17 bits per heavy atom. The van der Waals surface area contributed by atoms with Crippen molar-refractivity contribution in [3.05, 3.63) is 76.7 Å². The van der Waals surface area contributed by atoms with E-state index in [1.54, 1.807) is 17.0 Å². The van der Waals surface area contributed by atoms with Crippen LogP contribution >= 0.6 is 11.8 Å². The quantitative estimate of drug-likeness (QED) is 0.631. The molecule has 0 saturated carbocycles. The van der Waals surface area contributed by atoms with Crippen LogP contribution in [-0.4, -0.2) is 37.0 Å². The number of amides is 1. The summed E-state index contributed by atoms with van der Waals surface area (Å²) in [4.78, 5) is 30.2. The summed E-state index contributed by atoms with van der Waals surface area (Å²) in [5, 5.41) is 7.63. The number of benzene rings is 1. The number of carbonyl (C=O) groups is 1. The van der Waals surface area contributed by atoms with E-state index in [1.807, 2.05) is 42.5 Å². The molecule has 1 aliphatic rings. The van der Waals surface area contributed by atoms with E-state index in [2.05, 4.69) is 15.4 Å².